The molecule has 1 rings (SSSR count). The summed E-state index contributed by atoms with van der Waals surface area (Å²) in [5.41, 5.74) is -0.124. The highest BCUT2D eigenvalue weighted by molar-refractivity contribution is 5.69. The molecule has 2 N–H and O–H groups in total. The van der Waals surface area contributed by atoms with E-state index >= 15 is 0 Å². The minimum atomic E-state index is -1.24. The fraction of sp³-hybridized carbons (Fsp3) is 0.500. The van der Waals surface area contributed by atoms with Crippen LogP contribution >= 0.6 is 0 Å². The van der Waals surface area contributed by atoms with E-state index in [2.05, 4.69) is 10.1 Å². The predicted octanol–water partition coefficient (Wildman–Crippen LogP) is 1.93. The van der Waals surface area contributed by atoms with Crippen LogP contribution in [0.1, 0.15) is 31.4 Å². The molecule has 0 saturated carbocycles. The summed E-state index contributed by atoms with van der Waals surface area (Å²) >= 11 is 0. The number of aliphatic hydroxyl groups excluding tert-OH is 1. The zero-order chi connectivity index (χ0) is 15.1. The minimum Gasteiger partial charge on any atom is -0.469 e. The lowest BCUT2D eigenvalue weighted by Crippen LogP contribution is -2.35. The van der Waals surface area contributed by atoms with Crippen LogP contribution in [0, 0.1) is 11.6 Å². The van der Waals surface area contributed by atoms with Gasteiger partial charge in [0.15, 0.2) is 0 Å². The van der Waals surface area contributed by atoms with E-state index in [1.807, 2.05) is 6.92 Å². The Morgan fingerprint density at radius 2 is 2.15 bits per heavy atom. The Morgan fingerprint density at radius 3 is 2.75 bits per heavy atom. The predicted molar refractivity (Wildman–Crippen MR) is 70.0 cm³/mol. The molecule has 0 heterocycles. The van der Waals surface area contributed by atoms with Crippen LogP contribution in [0.5, 0.6) is 0 Å². The maximum absolute atomic E-state index is 13.6. The molecule has 6 heteroatoms. The van der Waals surface area contributed by atoms with Crippen LogP contribution < -0.4 is 5.32 Å². The van der Waals surface area contributed by atoms with Gasteiger partial charge in [0.1, 0.15) is 11.6 Å². The molecule has 0 amide bonds. The second-order valence-electron chi connectivity index (χ2n) is 4.39. The number of rotatable bonds is 7. The minimum absolute atomic E-state index is 0.0855. The number of aliphatic hydroxyl groups is 1. The number of hydrogen-bond acceptors (Lipinski definition) is 4. The standard InChI is InChI=1S/C14H19F2NO3/c1-3-17-12(6-7-13(18)20-2)14(19)10-8-9(15)4-5-11(10)16/h4-5,8,12,14,17,19H,3,6-7H2,1-2H3. The maximum Gasteiger partial charge on any atom is 0.305 e. The van der Waals surface area contributed by atoms with E-state index in [1.54, 1.807) is 0 Å². The summed E-state index contributed by atoms with van der Waals surface area (Å²) < 4.78 is 31.3. The monoisotopic (exact) mass is 287 g/mol. The number of methoxy groups -OCH3 is 1. The average molecular weight is 287 g/mol. The zero-order valence-corrected chi connectivity index (χ0v) is 11.5. The van der Waals surface area contributed by atoms with Crippen molar-refractivity contribution in [3.05, 3.63) is 35.4 Å². The van der Waals surface area contributed by atoms with Crippen molar-refractivity contribution in [2.24, 2.45) is 0 Å². The average Bonchev–Trinajstić information content (AvgIpc) is 2.44. The van der Waals surface area contributed by atoms with Crippen LogP contribution in [-0.2, 0) is 9.53 Å². The van der Waals surface area contributed by atoms with E-state index in [4.69, 9.17) is 0 Å². The molecule has 2 unspecified atom stereocenters. The summed E-state index contributed by atoms with van der Waals surface area (Å²) in [6.45, 7) is 2.35. The molecule has 1 aromatic carbocycles. The Labute approximate surface area is 116 Å². The normalized spacial score (nSPS) is 13.8. The molecule has 2 atom stereocenters. The molecule has 0 spiro atoms. The van der Waals surface area contributed by atoms with Gasteiger partial charge in [0, 0.05) is 18.0 Å². The summed E-state index contributed by atoms with van der Waals surface area (Å²) in [5, 5.41) is 13.1. The van der Waals surface area contributed by atoms with Gasteiger partial charge in [-0.05, 0) is 31.2 Å². The second kappa shape index (κ2) is 7.91. The summed E-state index contributed by atoms with van der Waals surface area (Å²) in [6, 6.07) is 2.36. The first-order chi connectivity index (χ1) is 9.49. The van der Waals surface area contributed by atoms with E-state index in [1.165, 1.54) is 7.11 Å². The highest BCUT2D eigenvalue weighted by Crippen LogP contribution is 2.23. The molecule has 0 bridgehead atoms. The van der Waals surface area contributed by atoms with Crippen LogP contribution in [0.15, 0.2) is 18.2 Å². The van der Waals surface area contributed by atoms with E-state index in [-0.39, 0.29) is 18.4 Å². The molecule has 20 heavy (non-hydrogen) atoms. The number of hydrogen-bond donors (Lipinski definition) is 2. The van der Waals surface area contributed by atoms with Crippen LogP contribution in [0.3, 0.4) is 0 Å². The van der Waals surface area contributed by atoms with Gasteiger partial charge in [0.05, 0.1) is 13.2 Å². The Kier molecular flexibility index (Phi) is 6.54. The summed E-state index contributed by atoms with van der Waals surface area (Å²) in [5.74, 6) is -1.72. The lowest BCUT2D eigenvalue weighted by atomic mass is 9.97. The van der Waals surface area contributed by atoms with Crippen molar-refractivity contribution < 1.29 is 23.4 Å². The number of carbonyl (C=O) groups is 1. The van der Waals surface area contributed by atoms with E-state index in [0.717, 1.165) is 18.2 Å². The number of benzene rings is 1. The molecule has 0 fully saturated rings. The summed E-state index contributed by atoms with van der Waals surface area (Å²) in [7, 11) is 1.27. The van der Waals surface area contributed by atoms with Gasteiger partial charge in [-0.1, -0.05) is 6.92 Å². The van der Waals surface area contributed by atoms with Gasteiger partial charge in [-0.25, -0.2) is 8.78 Å². The van der Waals surface area contributed by atoms with Crippen LogP contribution in [0.4, 0.5) is 8.78 Å². The van der Waals surface area contributed by atoms with Gasteiger partial charge < -0.3 is 15.2 Å². The van der Waals surface area contributed by atoms with Crippen molar-refractivity contribution in [2.75, 3.05) is 13.7 Å². The van der Waals surface area contributed by atoms with Crippen molar-refractivity contribution in [3.63, 3.8) is 0 Å². The van der Waals surface area contributed by atoms with Gasteiger partial charge >= 0.3 is 5.97 Å². The highest BCUT2D eigenvalue weighted by Gasteiger charge is 2.24. The molecule has 112 valence electrons. The van der Waals surface area contributed by atoms with E-state index < -0.39 is 29.7 Å². The third kappa shape index (κ3) is 4.54. The van der Waals surface area contributed by atoms with Crippen molar-refractivity contribution in [2.45, 2.75) is 31.9 Å². The van der Waals surface area contributed by atoms with Crippen molar-refractivity contribution in [1.29, 1.82) is 0 Å². The van der Waals surface area contributed by atoms with Gasteiger partial charge in [-0.15, -0.1) is 0 Å². The maximum atomic E-state index is 13.6. The van der Waals surface area contributed by atoms with Crippen LogP contribution in [-0.4, -0.2) is 30.8 Å². The molecule has 0 aliphatic rings. The number of halogens is 2. The summed E-state index contributed by atoms with van der Waals surface area (Å²) in [4.78, 5) is 11.1. The first-order valence-corrected chi connectivity index (χ1v) is 6.42. The molecule has 4 nitrogen and oxygen atoms in total. The fourth-order valence-electron chi connectivity index (χ4n) is 1.97. The first-order valence-electron chi connectivity index (χ1n) is 6.42. The molecule has 0 saturated heterocycles. The van der Waals surface area contributed by atoms with Crippen molar-refractivity contribution in [1.82, 2.24) is 5.32 Å². The number of likely N-dealkylation sites (N-methyl/N-ethyl adjacent to an activating group) is 1. The second-order valence-corrected chi connectivity index (χ2v) is 4.39. The molecular formula is C14H19F2NO3. The van der Waals surface area contributed by atoms with E-state index in [9.17, 15) is 18.7 Å². The quantitative estimate of drug-likeness (QED) is 0.752. The molecule has 1 aromatic rings. The topological polar surface area (TPSA) is 58.6 Å². The lowest BCUT2D eigenvalue weighted by molar-refractivity contribution is -0.141. The molecule has 0 radical (unpaired) electrons. The van der Waals surface area contributed by atoms with Gasteiger partial charge in [0.2, 0.25) is 0 Å². The van der Waals surface area contributed by atoms with E-state index in [0.29, 0.717) is 6.54 Å². The Balaban J connectivity index is 2.84. The molecule has 0 aliphatic heterocycles. The first kappa shape index (κ1) is 16.5. The highest BCUT2D eigenvalue weighted by atomic mass is 19.1. The smallest absolute Gasteiger partial charge is 0.305 e. The molecule has 0 aromatic heterocycles. The summed E-state index contributed by atoms with van der Waals surface area (Å²) in [6.07, 6.45) is -0.893. The number of ether oxygens (including phenoxy) is 1. The van der Waals surface area contributed by atoms with Crippen molar-refractivity contribution in [3.8, 4) is 0 Å². The van der Waals surface area contributed by atoms with Gasteiger partial charge in [-0.3, -0.25) is 4.79 Å². The fourth-order valence-corrected chi connectivity index (χ4v) is 1.97. The van der Waals surface area contributed by atoms with Gasteiger partial charge in [0.25, 0.3) is 0 Å². The van der Waals surface area contributed by atoms with Crippen LogP contribution in [0.2, 0.25) is 0 Å². The lowest BCUT2D eigenvalue weighted by Gasteiger charge is -2.24. The molecule has 0 aliphatic carbocycles. The SMILES string of the molecule is CCNC(CCC(=O)OC)C(O)c1cc(F)ccc1F. The Bertz CT molecular complexity index is 454. The third-order valence-electron chi connectivity index (χ3n) is 3.01. The van der Waals surface area contributed by atoms with Gasteiger partial charge in [-0.2, -0.15) is 0 Å². The molecular weight excluding hydrogens is 268 g/mol. The third-order valence-corrected chi connectivity index (χ3v) is 3.01. The Hall–Kier alpha value is -1.53. The van der Waals surface area contributed by atoms with Crippen molar-refractivity contribution >= 4 is 5.97 Å². The van der Waals surface area contributed by atoms with Crippen LogP contribution in [0.25, 0.3) is 0 Å². The number of nitrogens with one attached hydrogen (secondary N) is 1. The number of carbonyl (C=O) groups excluding carboxylic acids is 1. The number of esters is 1. The zero-order valence-electron chi connectivity index (χ0n) is 11.5. The Morgan fingerprint density at radius 1 is 1.45 bits per heavy atom. The largest absolute Gasteiger partial charge is 0.469 e.